The van der Waals surface area contributed by atoms with Crippen LogP contribution in [0.4, 0.5) is 5.69 Å². The summed E-state index contributed by atoms with van der Waals surface area (Å²) in [5.41, 5.74) is 1.18. The van der Waals surface area contributed by atoms with Gasteiger partial charge in [0.25, 0.3) is 0 Å². The van der Waals surface area contributed by atoms with E-state index in [4.69, 9.17) is 0 Å². The molecule has 1 unspecified atom stereocenters. The Kier molecular flexibility index (Phi) is 7.66. The fraction of sp³-hybridized carbons (Fsp3) is 0.562. The van der Waals surface area contributed by atoms with Crippen molar-refractivity contribution in [2.24, 2.45) is 5.92 Å². The molecule has 1 aliphatic heterocycles. The molecule has 6 nitrogen and oxygen atoms in total. The summed E-state index contributed by atoms with van der Waals surface area (Å²) in [6.07, 6.45) is 2.42. The lowest BCUT2D eigenvalue weighted by Crippen LogP contribution is -2.23. The number of benzene rings is 1. The fourth-order valence-corrected chi connectivity index (χ4v) is 3.82. The van der Waals surface area contributed by atoms with Gasteiger partial charge >= 0.3 is 0 Å². The van der Waals surface area contributed by atoms with Gasteiger partial charge in [0, 0.05) is 26.2 Å². The lowest BCUT2D eigenvalue weighted by Gasteiger charge is -2.15. The normalized spacial score (nSPS) is 17.6. The molecule has 1 saturated heterocycles. The van der Waals surface area contributed by atoms with Gasteiger partial charge < -0.3 is 10.6 Å². The molecule has 2 rings (SSSR count). The summed E-state index contributed by atoms with van der Waals surface area (Å²) in [6.45, 7) is 3.74. The van der Waals surface area contributed by atoms with Crippen molar-refractivity contribution < 1.29 is 13.2 Å². The molecule has 0 aliphatic carbocycles. The highest BCUT2D eigenvalue weighted by molar-refractivity contribution is 7.89. The quantitative estimate of drug-likeness (QED) is 0.797. The zero-order chi connectivity index (χ0) is 17.0. The van der Waals surface area contributed by atoms with Crippen molar-refractivity contribution in [1.29, 1.82) is 0 Å². The molecular formula is C16H26ClN3O3S. The minimum Gasteiger partial charge on any atom is -0.326 e. The number of sulfonamides is 1. The van der Waals surface area contributed by atoms with E-state index in [1.807, 2.05) is 0 Å². The lowest BCUT2D eigenvalue weighted by molar-refractivity contribution is -0.116. The molecule has 0 radical (unpaired) electrons. The second kappa shape index (κ2) is 8.80. The zero-order valence-electron chi connectivity index (χ0n) is 14.3. The molecule has 0 spiro atoms. The first-order chi connectivity index (χ1) is 10.8. The molecule has 2 N–H and O–H groups in total. The molecule has 0 aromatic heterocycles. The molecule has 1 aromatic rings. The zero-order valence-corrected chi connectivity index (χ0v) is 16.0. The Balaban J connectivity index is 0.00000288. The average molecular weight is 376 g/mol. The summed E-state index contributed by atoms with van der Waals surface area (Å²) in [6, 6.07) is 4.98. The summed E-state index contributed by atoms with van der Waals surface area (Å²) in [4.78, 5) is 12.3. The topological polar surface area (TPSA) is 78.5 Å². The Morgan fingerprint density at radius 1 is 1.38 bits per heavy atom. The van der Waals surface area contributed by atoms with Gasteiger partial charge in [0.15, 0.2) is 0 Å². The molecule has 1 heterocycles. The van der Waals surface area contributed by atoms with Crippen LogP contribution in [0.5, 0.6) is 0 Å². The average Bonchev–Trinajstić information content (AvgIpc) is 3.00. The maximum absolute atomic E-state index is 12.3. The SMILES string of the molecule is Cc1ccc(NC(=O)CCC2CCNC2)cc1S(=O)(=O)N(C)C.Cl. The summed E-state index contributed by atoms with van der Waals surface area (Å²) in [5.74, 6) is 0.484. The molecule has 1 fully saturated rings. The van der Waals surface area contributed by atoms with E-state index in [2.05, 4.69) is 10.6 Å². The maximum atomic E-state index is 12.3. The number of carbonyl (C=O) groups is 1. The number of nitrogens with one attached hydrogen (secondary N) is 2. The van der Waals surface area contributed by atoms with Crippen LogP contribution in [0.2, 0.25) is 0 Å². The van der Waals surface area contributed by atoms with Gasteiger partial charge in [-0.3, -0.25) is 4.79 Å². The Bertz CT molecular complexity index is 671. The number of halogens is 1. The Morgan fingerprint density at radius 2 is 2.08 bits per heavy atom. The van der Waals surface area contributed by atoms with Gasteiger partial charge in [-0.25, -0.2) is 12.7 Å². The highest BCUT2D eigenvalue weighted by atomic mass is 35.5. The number of rotatable bonds is 6. The second-order valence-electron chi connectivity index (χ2n) is 6.21. The summed E-state index contributed by atoms with van der Waals surface area (Å²) in [7, 11) is -0.526. The smallest absolute Gasteiger partial charge is 0.242 e. The Hall–Kier alpha value is -1.15. The molecule has 136 valence electrons. The number of hydrogen-bond acceptors (Lipinski definition) is 4. The second-order valence-corrected chi connectivity index (χ2v) is 8.33. The van der Waals surface area contributed by atoms with E-state index < -0.39 is 10.0 Å². The van der Waals surface area contributed by atoms with Crippen molar-refractivity contribution in [1.82, 2.24) is 9.62 Å². The third-order valence-corrected chi connectivity index (χ3v) is 6.13. The molecule has 1 aliphatic rings. The lowest BCUT2D eigenvalue weighted by atomic mass is 10.0. The predicted octanol–water partition coefficient (Wildman–Crippen LogP) is 2.00. The van der Waals surface area contributed by atoms with Crippen LogP contribution in [0.25, 0.3) is 0 Å². The van der Waals surface area contributed by atoms with Crippen LogP contribution in [0.15, 0.2) is 23.1 Å². The Labute approximate surface area is 150 Å². The standard InChI is InChI=1S/C16H25N3O3S.ClH/c1-12-4-6-14(10-15(12)23(21,22)19(2)3)18-16(20)7-5-13-8-9-17-11-13;/h4,6,10,13,17H,5,7-9,11H2,1-3H3,(H,18,20);1H. The molecule has 0 saturated carbocycles. The van der Waals surface area contributed by atoms with E-state index in [-0.39, 0.29) is 23.2 Å². The maximum Gasteiger partial charge on any atom is 0.242 e. The molecule has 24 heavy (non-hydrogen) atoms. The predicted molar refractivity (Wildman–Crippen MR) is 98.1 cm³/mol. The highest BCUT2D eigenvalue weighted by Crippen LogP contribution is 2.23. The fourth-order valence-electron chi connectivity index (χ4n) is 2.67. The number of hydrogen-bond donors (Lipinski definition) is 2. The van der Waals surface area contributed by atoms with Crippen LogP contribution in [-0.4, -0.2) is 45.8 Å². The molecule has 0 bridgehead atoms. The Morgan fingerprint density at radius 3 is 2.67 bits per heavy atom. The summed E-state index contributed by atoms with van der Waals surface area (Å²) < 4.78 is 25.8. The number of amides is 1. The number of aryl methyl sites for hydroxylation is 1. The van der Waals surface area contributed by atoms with Crippen LogP contribution in [0, 0.1) is 12.8 Å². The van der Waals surface area contributed by atoms with Crippen LogP contribution in [0.1, 0.15) is 24.8 Å². The highest BCUT2D eigenvalue weighted by Gasteiger charge is 2.21. The van der Waals surface area contributed by atoms with Crippen molar-refractivity contribution in [2.75, 3.05) is 32.5 Å². The van der Waals surface area contributed by atoms with Crippen LogP contribution >= 0.6 is 12.4 Å². The van der Waals surface area contributed by atoms with E-state index in [0.717, 1.165) is 25.9 Å². The third kappa shape index (κ3) is 5.17. The van der Waals surface area contributed by atoms with Gasteiger partial charge in [-0.15, -0.1) is 12.4 Å². The van der Waals surface area contributed by atoms with Crippen LogP contribution in [-0.2, 0) is 14.8 Å². The summed E-state index contributed by atoms with van der Waals surface area (Å²) >= 11 is 0. The van der Waals surface area contributed by atoms with E-state index in [0.29, 0.717) is 23.6 Å². The van der Waals surface area contributed by atoms with Gasteiger partial charge in [-0.2, -0.15) is 0 Å². The van der Waals surface area contributed by atoms with Gasteiger partial charge in [0.2, 0.25) is 15.9 Å². The van der Waals surface area contributed by atoms with Gasteiger partial charge in [0.05, 0.1) is 4.90 Å². The minimum absolute atomic E-state index is 0. The van der Waals surface area contributed by atoms with Gasteiger partial charge in [-0.1, -0.05) is 6.07 Å². The third-order valence-electron chi connectivity index (χ3n) is 4.17. The molecule has 1 aromatic carbocycles. The van der Waals surface area contributed by atoms with E-state index in [1.165, 1.54) is 24.5 Å². The van der Waals surface area contributed by atoms with E-state index in [9.17, 15) is 13.2 Å². The van der Waals surface area contributed by atoms with Gasteiger partial charge in [0.1, 0.15) is 0 Å². The first-order valence-corrected chi connectivity index (χ1v) is 9.28. The van der Waals surface area contributed by atoms with Gasteiger partial charge in [-0.05, 0) is 56.5 Å². The van der Waals surface area contributed by atoms with Crippen molar-refractivity contribution in [3.8, 4) is 0 Å². The molecule has 1 atom stereocenters. The number of carbonyl (C=O) groups excluding carboxylic acids is 1. The van der Waals surface area contributed by atoms with Crippen molar-refractivity contribution in [3.05, 3.63) is 23.8 Å². The van der Waals surface area contributed by atoms with Crippen molar-refractivity contribution >= 4 is 34.0 Å². The van der Waals surface area contributed by atoms with Crippen LogP contribution < -0.4 is 10.6 Å². The van der Waals surface area contributed by atoms with Crippen molar-refractivity contribution in [3.63, 3.8) is 0 Å². The van der Waals surface area contributed by atoms with Crippen molar-refractivity contribution in [2.45, 2.75) is 31.1 Å². The largest absolute Gasteiger partial charge is 0.326 e. The van der Waals surface area contributed by atoms with E-state index in [1.54, 1.807) is 19.1 Å². The number of anilines is 1. The molecular weight excluding hydrogens is 350 g/mol. The molecule has 1 amide bonds. The van der Waals surface area contributed by atoms with Crippen LogP contribution in [0.3, 0.4) is 0 Å². The minimum atomic E-state index is -3.52. The summed E-state index contributed by atoms with van der Waals surface area (Å²) in [5, 5.41) is 6.09. The first kappa shape index (κ1) is 20.9. The number of nitrogens with zero attached hydrogens (tertiary/aromatic N) is 1. The van der Waals surface area contributed by atoms with E-state index >= 15 is 0 Å². The first-order valence-electron chi connectivity index (χ1n) is 7.84. The monoisotopic (exact) mass is 375 g/mol. The molecule has 8 heteroatoms.